The van der Waals surface area contributed by atoms with Crippen molar-refractivity contribution in [2.24, 2.45) is 4.99 Å². The van der Waals surface area contributed by atoms with E-state index in [1.54, 1.807) is 18.2 Å². The van der Waals surface area contributed by atoms with Gasteiger partial charge in [0, 0.05) is 13.8 Å². The van der Waals surface area contributed by atoms with E-state index in [0.29, 0.717) is 10.0 Å². The minimum atomic E-state index is -0.318. The van der Waals surface area contributed by atoms with Crippen LogP contribution in [0.15, 0.2) is 23.2 Å². The zero-order valence-corrected chi connectivity index (χ0v) is 12.0. The van der Waals surface area contributed by atoms with Crippen molar-refractivity contribution in [3.8, 4) is 0 Å². The third kappa shape index (κ3) is 5.72. The highest BCUT2D eigenvalue weighted by atomic mass is 35.5. The average molecular weight is 302 g/mol. The number of benzene rings is 1. The van der Waals surface area contributed by atoms with Gasteiger partial charge in [-0.1, -0.05) is 29.3 Å². The number of halogens is 2. The van der Waals surface area contributed by atoms with Crippen LogP contribution in [0, 0.1) is 0 Å². The number of carbonyl (C=O) groups excluding carboxylic acids is 2. The van der Waals surface area contributed by atoms with Crippen LogP contribution in [0.1, 0.15) is 19.4 Å². The Labute approximate surface area is 121 Å². The van der Waals surface area contributed by atoms with Gasteiger partial charge in [0.05, 0.1) is 16.6 Å². The Hall–Kier alpha value is -1.59. The zero-order chi connectivity index (χ0) is 14.4. The summed E-state index contributed by atoms with van der Waals surface area (Å²) in [6.45, 7) is 2.92. The molecule has 0 fully saturated rings. The lowest BCUT2D eigenvalue weighted by atomic mass is 10.2. The van der Waals surface area contributed by atoms with Gasteiger partial charge in [0.1, 0.15) is 0 Å². The minimum Gasteiger partial charge on any atom is -0.297 e. The number of guanidine groups is 1. The molecule has 0 aromatic heterocycles. The topological polar surface area (TPSA) is 70.6 Å². The maximum absolute atomic E-state index is 11.0. The molecule has 7 heteroatoms. The molecule has 0 radical (unpaired) electrons. The molecule has 0 atom stereocenters. The van der Waals surface area contributed by atoms with E-state index in [9.17, 15) is 9.59 Å². The van der Waals surface area contributed by atoms with E-state index in [-0.39, 0.29) is 24.3 Å². The molecule has 1 aromatic rings. The predicted octanol–water partition coefficient (Wildman–Crippen LogP) is 2.12. The van der Waals surface area contributed by atoms with Crippen LogP contribution in [0.3, 0.4) is 0 Å². The quantitative estimate of drug-likeness (QED) is 0.649. The van der Waals surface area contributed by atoms with E-state index >= 15 is 0 Å². The molecule has 2 amide bonds. The summed E-state index contributed by atoms with van der Waals surface area (Å²) in [5.41, 5.74) is 0.808. The second kappa shape index (κ2) is 7.11. The Kier molecular flexibility index (Phi) is 5.79. The van der Waals surface area contributed by atoms with Crippen molar-refractivity contribution in [1.29, 1.82) is 0 Å². The molecule has 0 saturated carbocycles. The van der Waals surface area contributed by atoms with Gasteiger partial charge in [0.25, 0.3) is 0 Å². The number of hydrogen-bond acceptors (Lipinski definition) is 3. The van der Waals surface area contributed by atoms with Crippen LogP contribution in [0.2, 0.25) is 10.0 Å². The monoisotopic (exact) mass is 301 g/mol. The normalized spacial score (nSPS) is 9.68. The highest BCUT2D eigenvalue weighted by molar-refractivity contribution is 6.42. The fourth-order valence-electron chi connectivity index (χ4n) is 1.25. The lowest BCUT2D eigenvalue weighted by molar-refractivity contribution is -0.117. The van der Waals surface area contributed by atoms with Gasteiger partial charge >= 0.3 is 0 Å². The van der Waals surface area contributed by atoms with Crippen molar-refractivity contribution in [3.63, 3.8) is 0 Å². The van der Waals surface area contributed by atoms with Crippen LogP contribution in [0.25, 0.3) is 0 Å². The summed E-state index contributed by atoms with van der Waals surface area (Å²) < 4.78 is 0. The molecule has 5 nitrogen and oxygen atoms in total. The highest BCUT2D eigenvalue weighted by Gasteiger charge is 2.04. The third-order valence-corrected chi connectivity index (χ3v) is 2.73. The van der Waals surface area contributed by atoms with Crippen molar-refractivity contribution in [2.75, 3.05) is 0 Å². The van der Waals surface area contributed by atoms with E-state index in [4.69, 9.17) is 23.2 Å². The molecular weight excluding hydrogens is 289 g/mol. The van der Waals surface area contributed by atoms with Gasteiger partial charge in [-0.05, 0) is 17.7 Å². The summed E-state index contributed by atoms with van der Waals surface area (Å²) in [6, 6.07) is 5.09. The molecule has 1 rings (SSSR count). The van der Waals surface area contributed by atoms with Gasteiger partial charge < -0.3 is 0 Å². The number of nitrogens with one attached hydrogen (secondary N) is 2. The highest BCUT2D eigenvalue weighted by Crippen LogP contribution is 2.22. The number of aliphatic imine (C=N–C) groups is 1. The van der Waals surface area contributed by atoms with Crippen LogP contribution in [0.4, 0.5) is 0 Å². The van der Waals surface area contributed by atoms with E-state index in [0.717, 1.165) is 5.56 Å². The van der Waals surface area contributed by atoms with Gasteiger partial charge in [0.2, 0.25) is 17.8 Å². The SMILES string of the molecule is CC(=O)NC(=NCc1ccc(Cl)c(Cl)c1)NC(C)=O. The Morgan fingerprint density at radius 3 is 2.16 bits per heavy atom. The molecule has 0 aliphatic carbocycles. The van der Waals surface area contributed by atoms with Gasteiger partial charge in [-0.25, -0.2) is 4.99 Å². The predicted molar refractivity (Wildman–Crippen MR) is 75.2 cm³/mol. The maximum Gasteiger partial charge on any atom is 0.223 e. The second-order valence-electron chi connectivity index (χ2n) is 3.78. The van der Waals surface area contributed by atoms with Crippen molar-refractivity contribution in [3.05, 3.63) is 33.8 Å². The minimum absolute atomic E-state index is 0.103. The Bertz CT molecular complexity index is 512. The molecule has 19 heavy (non-hydrogen) atoms. The molecule has 0 bridgehead atoms. The molecule has 0 aliphatic heterocycles. The van der Waals surface area contributed by atoms with Gasteiger partial charge in [-0.15, -0.1) is 0 Å². The molecule has 0 saturated heterocycles. The summed E-state index contributed by atoms with van der Waals surface area (Å²) in [6.07, 6.45) is 0. The Morgan fingerprint density at radius 2 is 1.68 bits per heavy atom. The Balaban J connectivity index is 2.81. The first kappa shape index (κ1) is 15.5. The van der Waals surface area contributed by atoms with Crippen LogP contribution in [-0.4, -0.2) is 17.8 Å². The Morgan fingerprint density at radius 1 is 1.11 bits per heavy atom. The molecule has 1 aromatic carbocycles. The van der Waals surface area contributed by atoms with Crippen LogP contribution in [0.5, 0.6) is 0 Å². The van der Waals surface area contributed by atoms with Gasteiger partial charge in [-0.3, -0.25) is 20.2 Å². The van der Waals surface area contributed by atoms with E-state index < -0.39 is 0 Å². The maximum atomic E-state index is 11.0. The van der Waals surface area contributed by atoms with Gasteiger partial charge in [0.15, 0.2) is 0 Å². The number of rotatable bonds is 2. The zero-order valence-electron chi connectivity index (χ0n) is 10.5. The first-order chi connectivity index (χ1) is 8.88. The molecule has 0 unspecified atom stereocenters. The van der Waals surface area contributed by atoms with Crippen molar-refractivity contribution >= 4 is 41.0 Å². The molecular formula is C12H13Cl2N3O2. The first-order valence-electron chi connectivity index (χ1n) is 5.42. The molecule has 2 N–H and O–H groups in total. The fourth-order valence-corrected chi connectivity index (χ4v) is 1.57. The average Bonchev–Trinajstić information content (AvgIpc) is 2.29. The second-order valence-corrected chi connectivity index (χ2v) is 4.59. The van der Waals surface area contributed by atoms with Crippen LogP contribution < -0.4 is 10.6 Å². The molecule has 0 aliphatic rings. The summed E-state index contributed by atoms with van der Waals surface area (Å²) in [5.74, 6) is -0.533. The van der Waals surface area contributed by atoms with Gasteiger partial charge in [-0.2, -0.15) is 0 Å². The lowest BCUT2D eigenvalue weighted by Gasteiger charge is -2.07. The van der Waals surface area contributed by atoms with E-state index in [1.807, 2.05) is 0 Å². The molecule has 0 heterocycles. The van der Waals surface area contributed by atoms with Crippen LogP contribution >= 0.6 is 23.2 Å². The van der Waals surface area contributed by atoms with Crippen LogP contribution in [-0.2, 0) is 16.1 Å². The van der Waals surface area contributed by atoms with Crippen molar-refractivity contribution < 1.29 is 9.59 Å². The number of carbonyl (C=O) groups is 2. The van der Waals surface area contributed by atoms with Crippen molar-refractivity contribution in [1.82, 2.24) is 10.6 Å². The molecule has 102 valence electrons. The summed E-state index contributed by atoms with van der Waals surface area (Å²) in [7, 11) is 0. The standard InChI is InChI=1S/C12H13Cl2N3O2/c1-7(18)16-12(17-8(2)19)15-6-9-3-4-10(13)11(14)5-9/h3-5H,6H2,1-2H3,(H2,15,16,17,18,19). The first-order valence-corrected chi connectivity index (χ1v) is 6.17. The fraction of sp³-hybridized carbons (Fsp3) is 0.250. The smallest absolute Gasteiger partial charge is 0.223 e. The number of amides is 2. The third-order valence-electron chi connectivity index (χ3n) is 1.99. The van der Waals surface area contributed by atoms with Crippen molar-refractivity contribution in [2.45, 2.75) is 20.4 Å². The summed E-state index contributed by atoms with van der Waals surface area (Å²) >= 11 is 11.7. The number of nitrogens with zero attached hydrogens (tertiary/aromatic N) is 1. The van der Waals surface area contributed by atoms with E-state index in [2.05, 4.69) is 15.6 Å². The summed E-state index contributed by atoms with van der Waals surface area (Å²) in [4.78, 5) is 26.0. The largest absolute Gasteiger partial charge is 0.297 e. The van der Waals surface area contributed by atoms with E-state index in [1.165, 1.54) is 13.8 Å². The summed E-state index contributed by atoms with van der Waals surface area (Å²) in [5, 5.41) is 5.74. The molecule has 0 spiro atoms. The number of hydrogen-bond donors (Lipinski definition) is 2. The lowest BCUT2D eigenvalue weighted by Crippen LogP contribution is -2.42.